The van der Waals surface area contributed by atoms with Crippen LogP contribution in [0.15, 0.2) is 12.3 Å². The van der Waals surface area contributed by atoms with Gasteiger partial charge in [-0.05, 0) is 25.1 Å². The zero-order valence-electron chi connectivity index (χ0n) is 9.62. The Balaban J connectivity index is 4.09. The Morgan fingerprint density at radius 2 is 2.20 bits per heavy atom. The molecule has 0 amide bonds. The van der Waals surface area contributed by atoms with E-state index >= 15 is 0 Å². The molecule has 0 aliphatic carbocycles. The average Bonchev–Trinajstić information content (AvgIpc) is 2.16. The zero-order chi connectivity index (χ0) is 11.7. The highest BCUT2D eigenvalue weighted by Gasteiger charge is 2.16. The van der Waals surface area contributed by atoms with Gasteiger partial charge >= 0.3 is 5.97 Å². The fourth-order valence-electron chi connectivity index (χ4n) is 1.11. The molecule has 1 unspecified atom stereocenters. The van der Waals surface area contributed by atoms with Gasteiger partial charge in [-0.15, -0.1) is 0 Å². The van der Waals surface area contributed by atoms with Gasteiger partial charge in [0.05, 0.1) is 13.0 Å². The number of carbonyl (C=O) groups is 1. The van der Waals surface area contributed by atoms with Crippen molar-refractivity contribution in [3.63, 3.8) is 0 Å². The lowest BCUT2D eigenvalue weighted by atomic mass is 10.0. The standard InChI is InChI=1S/C11H20N2O2/c1-4-15-11(14)8-10(9(2)3)13-7-5-6-12/h5-7,9-10,12-13H,4,8H2,1-3H3/b7-5-,12-6?. The number of hydrogen-bond donors (Lipinski definition) is 2. The van der Waals surface area contributed by atoms with E-state index in [9.17, 15) is 4.79 Å². The third-order valence-corrected chi connectivity index (χ3v) is 2.00. The first-order chi connectivity index (χ1) is 7.11. The number of hydrogen-bond acceptors (Lipinski definition) is 4. The molecule has 0 aromatic heterocycles. The van der Waals surface area contributed by atoms with Crippen LogP contribution in [0.5, 0.6) is 0 Å². The van der Waals surface area contributed by atoms with Crippen molar-refractivity contribution in [1.82, 2.24) is 5.32 Å². The maximum atomic E-state index is 11.3. The van der Waals surface area contributed by atoms with Gasteiger partial charge in [0.1, 0.15) is 0 Å². The largest absolute Gasteiger partial charge is 0.466 e. The van der Waals surface area contributed by atoms with Gasteiger partial charge in [0, 0.05) is 12.3 Å². The fraction of sp³-hybridized carbons (Fsp3) is 0.636. The highest BCUT2D eigenvalue weighted by atomic mass is 16.5. The molecule has 1 atom stereocenters. The summed E-state index contributed by atoms with van der Waals surface area (Å²) in [5, 5.41) is 9.90. The highest BCUT2D eigenvalue weighted by Crippen LogP contribution is 2.07. The fourth-order valence-corrected chi connectivity index (χ4v) is 1.11. The van der Waals surface area contributed by atoms with Crippen LogP contribution >= 0.6 is 0 Å². The zero-order valence-corrected chi connectivity index (χ0v) is 9.62. The van der Waals surface area contributed by atoms with Crippen molar-refractivity contribution in [2.75, 3.05) is 6.61 Å². The number of allylic oxidation sites excluding steroid dienone is 1. The molecule has 0 aromatic rings. The number of ether oxygens (including phenoxy) is 1. The van der Waals surface area contributed by atoms with E-state index in [1.54, 1.807) is 19.2 Å². The van der Waals surface area contributed by atoms with Crippen LogP contribution in [-0.2, 0) is 9.53 Å². The molecule has 0 spiro atoms. The van der Waals surface area contributed by atoms with E-state index in [-0.39, 0.29) is 12.0 Å². The second-order valence-electron chi connectivity index (χ2n) is 3.55. The average molecular weight is 212 g/mol. The van der Waals surface area contributed by atoms with E-state index in [0.717, 1.165) is 0 Å². The van der Waals surface area contributed by atoms with E-state index in [4.69, 9.17) is 10.1 Å². The van der Waals surface area contributed by atoms with Crippen LogP contribution < -0.4 is 5.32 Å². The van der Waals surface area contributed by atoms with Crippen LogP contribution in [0.4, 0.5) is 0 Å². The molecule has 0 aromatic carbocycles. The van der Waals surface area contributed by atoms with Crippen molar-refractivity contribution in [2.24, 2.45) is 5.92 Å². The Morgan fingerprint density at radius 3 is 2.67 bits per heavy atom. The molecule has 4 heteroatoms. The van der Waals surface area contributed by atoms with Gasteiger partial charge in [-0.25, -0.2) is 0 Å². The number of rotatable bonds is 7. The van der Waals surface area contributed by atoms with Crippen molar-refractivity contribution in [1.29, 1.82) is 5.41 Å². The molecule has 0 saturated heterocycles. The van der Waals surface area contributed by atoms with Gasteiger partial charge in [-0.1, -0.05) is 13.8 Å². The molecule has 0 aliphatic rings. The molecule has 2 N–H and O–H groups in total. The summed E-state index contributed by atoms with van der Waals surface area (Å²) in [4.78, 5) is 11.3. The predicted molar refractivity (Wildman–Crippen MR) is 60.9 cm³/mol. The Kier molecular flexibility index (Phi) is 7.32. The van der Waals surface area contributed by atoms with Gasteiger partial charge in [0.25, 0.3) is 0 Å². The molecule has 0 bridgehead atoms. The van der Waals surface area contributed by atoms with Crippen molar-refractivity contribution in [2.45, 2.75) is 33.2 Å². The third kappa shape index (κ3) is 6.71. The topological polar surface area (TPSA) is 62.2 Å². The van der Waals surface area contributed by atoms with E-state index < -0.39 is 0 Å². The van der Waals surface area contributed by atoms with Gasteiger partial charge in [0.15, 0.2) is 0 Å². The summed E-state index contributed by atoms with van der Waals surface area (Å²) >= 11 is 0. The van der Waals surface area contributed by atoms with Crippen LogP contribution in [0, 0.1) is 11.3 Å². The van der Waals surface area contributed by atoms with Gasteiger partial charge in [0.2, 0.25) is 0 Å². The monoisotopic (exact) mass is 212 g/mol. The second kappa shape index (κ2) is 8.03. The van der Waals surface area contributed by atoms with E-state index in [2.05, 4.69) is 5.32 Å². The first-order valence-electron chi connectivity index (χ1n) is 5.19. The lowest BCUT2D eigenvalue weighted by Gasteiger charge is -2.20. The minimum absolute atomic E-state index is 0.0558. The highest BCUT2D eigenvalue weighted by molar-refractivity contribution is 5.70. The summed E-state index contributed by atoms with van der Waals surface area (Å²) in [5.41, 5.74) is 0. The minimum atomic E-state index is -0.188. The molecule has 0 rings (SSSR count). The summed E-state index contributed by atoms with van der Waals surface area (Å²) in [7, 11) is 0. The molecular weight excluding hydrogens is 192 g/mol. The normalized spacial score (nSPS) is 12.8. The molecule has 0 radical (unpaired) electrons. The SMILES string of the molecule is CCOC(=O)CC(N/C=C\C=N)C(C)C. The Labute approximate surface area is 91.2 Å². The lowest BCUT2D eigenvalue weighted by Crippen LogP contribution is -2.33. The van der Waals surface area contributed by atoms with Gasteiger partial charge < -0.3 is 15.5 Å². The molecule has 0 aliphatic heterocycles. The van der Waals surface area contributed by atoms with Crippen molar-refractivity contribution < 1.29 is 9.53 Å². The first-order valence-corrected chi connectivity index (χ1v) is 5.19. The summed E-state index contributed by atoms with van der Waals surface area (Å²) in [5.74, 6) is 0.150. The number of carbonyl (C=O) groups excluding carboxylic acids is 1. The maximum absolute atomic E-state index is 11.3. The summed E-state index contributed by atoms with van der Waals surface area (Å²) in [6.07, 6.45) is 4.81. The molecular formula is C11H20N2O2. The Hall–Kier alpha value is -1.32. The van der Waals surface area contributed by atoms with Crippen molar-refractivity contribution in [3.05, 3.63) is 12.3 Å². The smallest absolute Gasteiger partial charge is 0.307 e. The van der Waals surface area contributed by atoms with E-state index in [0.29, 0.717) is 18.9 Å². The number of esters is 1. The van der Waals surface area contributed by atoms with Crippen molar-refractivity contribution >= 4 is 12.2 Å². The second-order valence-corrected chi connectivity index (χ2v) is 3.55. The maximum Gasteiger partial charge on any atom is 0.307 e. The van der Waals surface area contributed by atoms with Crippen LogP contribution in [0.25, 0.3) is 0 Å². The molecule has 4 nitrogen and oxygen atoms in total. The predicted octanol–water partition coefficient (Wildman–Crippen LogP) is 1.72. The summed E-state index contributed by atoms with van der Waals surface area (Å²) in [6, 6.07) is 0.0558. The lowest BCUT2D eigenvalue weighted by molar-refractivity contribution is -0.143. The third-order valence-electron chi connectivity index (χ3n) is 2.00. The first kappa shape index (κ1) is 13.7. The molecule has 86 valence electrons. The van der Waals surface area contributed by atoms with Crippen LogP contribution in [-0.4, -0.2) is 24.8 Å². The van der Waals surface area contributed by atoms with Crippen LogP contribution in [0.2, 0.25) is 0 Å². The Morgan fingerprint density at radius 1 is 1.53 bits per heavy atom. The number of nitrogens with one attached hydrogen (secondary N) is 2. The Bertz CT molecular complexity index is 225. The quantitative estimate of drug-likeness (QED) is 0.499. The van der Waals surface area contributed by atoms with E-state index in [1.807, 2.05) is 13.8 Å². The van der Waals surface area contributed by atoms with Gasteiger partial charge in [-0.2, -0.15) is 0 Å². The molecule has 0 saturated carbocycles. The van der Waals surface area contributed by atoms with Gasteiger partial charge in [-0.3, -0.25) is 4.79 Å². The molecule has 0 heterocycles. The molecule has 15 heavy (non-hydrogen) atoms. The summed E-state index contributed by atoms with van der Waals surface area (Å²) in [6.45, 7) is 6.29. The van der Waals surface area contributed by atoms with Crippen LogP contribution in [0.1, 0.15) is 27.2 Å². The van der Waals surface area contributed by atoms with E-state index in [1.165, 1.54) is 6.21 Å². The molecule has 0 fully saturated rings. The summed E-state index contributed by atoms with van der Waals surface area (Å²) < 4.78 is 4.88. The van der Waals surface area contributed by atoms with Crippen LogP contribution in [0.3, 0.4) is 0 Å². The minimum Gasteiger partial charge on any atom is -0.466 e. The van der Waals surface area contributed by atoms with Crippen molar-refractivity contribution in [3.8, 4) is 0 Å².